The maximum absolute atomic E-state index is 13.1. The first-order chi connectivity index (χ1) is 15.6. The molecule has 0 spiro atoms. The molecule has 9 heteroatoms. The van der Waals surface area contributed by atoms with Gasteiger partial charge < -0.3 is 20.1 Å². The Morgan fingerprint density at radius 3 is 2.09 bits per heavy atom. The monoisotopic (exact) mass is 447 g/mol. The molecule has 3 N–H and O–H groups in total. The third kappa shape index (κ3) is 4.97. The van der Waals surface area contributed by atoms with E-state index in [-0.39, 0.29) is 16.7 Å². The Hall–Kier alpha value is -4.71. The van der Waals surface area contributed by atoms with Gasteiger partial charge in [0.05, 0.1) is 11.1 Å². The lowest BCUT2D eigenvalue weighted by molar-refractivity contribution is -0.112. The summed E-state index contributed by atoms with van der Waals surface area (Å²) in [5, 5.41) is 30.7. The second-order valence-corrected chi connectivity index (χ2v) is 7.17. The number of hydrogen-bond donors (Lipinski definition) is 3. The van der Waals surface area contributed by atoms with Crippen LogP contribution >= 0.6 is 0 Å². The van der Waals surface area contributed by atoms with E-state index < -0.39 is 23.7 Å². The molecule has 0 unspecified atom stereocenters. The zero-order chi connectivity index (χ0) is 24.3. The molecule has 1 heterocycles. The van der Waals surface area contributed by atoms with Crippen molar-refractivity contribution in [3.8, 4) is 11.8 Å². The van der Waals surface area contributed by atoms with Gasteiger partial charge in [0.25, 0.3) is 5.91 Å². The van der Waals surface area contributed by atoms with Crippen LogP contribution in [0.2, 0.25) is 0 Å². The molecule has 0 radical (unpaired) electrons. The number of aryl methyl sites for hydroxylation is 1. The molecule has 0 aliphatic carbocycles. The first-order valence-electron chi connectivity index (χ1n) is 9.60. The molecule has 0 atom stereocenters. The molecule has 166 valence electrons. The highest BCUT2D eigenvalue weighted by atomic mass is 19.1. The van der Waals surface area contributed by atoms with Crippen molar-refractivity contribution in [3.05, 3.63) is 88.0 Å². The Kier molecular flexibility index (Phi) is 6.40. The van der Waals surface area contributed by atoms with Crippen LogP contribution in [0.3, 0.4) is 0 Å². The lowest BCUT2D eigenvalue weighted by Gasteiger charge is -2.12. The fourth-order valence-corrected chi connectivity index (χ4v) is 3.35. The van der Waals surface area contributed by atoms with Gasteiger partial charge in [-0.25, -0.2) is 14.0 Å². The van der Waals surface area contributed by atoms with E-state index in [0.717, 1.165) is 6.07 Å². The number of carboxylic acid groups (broad SMARTS) is 2. The molecule has 0 bridgehead atoms. The number of anilines is 1. The number of aromatic carboxylic acids is 2. The van der Waals surface area contributed by atoms with Crippen molar-refractivity contribution in [2.45, 2.75) is 13.8 Å². The summed E-state index contributed by atoms with van der Waals surface area (Å²) in [6, 6.07) is 12.4. The largest absolute Gasteiger partial charge is 0.478 e. The molecule has 0 fully saturated rings. The van der Waals surface area contributed by atoms with Crippen LogP contribution in [0.4, 0.5) is 10.1 Å². The van der Waals surface area contributed by atoms with E-state index >= 15 is 0 Å². The fraction of sp³-hybridized carbons (Fsp3) is 0.0833. The van der Waals surface area contributed by atoms with Gasteiger partial charge in [-0.15, -0.1) is 0 Å². The van der Waals surface area contributed by atoms with E-state index in [1.54, 1.807) is 24.5 Å². The van der Waals surface area contributed by atoms with E-state index in [2.05, 4.69) is 5.32 Å². The van der Waals surface area contributed by atoms with Crippen LogP contribution < -0.4 is 5.32 Å². The van der Waals surface area contributed by atoms with Crippen molar-refractivity contribution in [2.24, 2.45) is 0 Å². The molecule has 3 rings (SSSR count). The summed E-state index contributed by atoms with van der Waals surface area (Å²) in [4.78, 5) is 35.4. The van der Waals surface area contributed by atoms with E-state index in [1.165, 1.54) is 42.5 Å². The summed E-state index contributed by atoms with van der Waals surface area (Å²) in [5.41, 5.74) is 1.76. The van der Waals surface area contributed by atoms with Crippen LogP contribution in [0.15, 0.2) is 54.1 Å². The zero-order valence-corrected chi connectivity index (χ0v) is 17.6. The molecule has 0 aliphatic heterocycles. The summed E-state index contributed by atoms with van der Waals surface area (Å²) in [7, 11) is 0. The highest BCUT2D eigenvalue weighted by Gasteiger charge is 2.17. The smallest absolute Gasteiger partial charge is 0.335 e. The number of nitriles is 1. The second-order valence-electron chi connectivity index (χ2n) is 7.17. The molecule has 0 saturated carbocycles. The summed E-state index contributed by atoms with van der Waals surface area (Å²) < 4.78 is 14.7. The fourth-order valence-electron chi connectivity index (χ4n) is 3.35. The minimum Gasteiger partial charge on any atom is -0.478 e. The van der Waals surface area contributed by atoms with Gasteiger partial charge in [0.1, 0.15) is 17.5 Å². The minimum atomic E-state index is -1.27. The topological polar surface area (TPSA) is 132 Å². The zero-order valence-electron chi connectivity index (χ0n) is 17.6. The quantitative estimate of drug-likeness (QED) is 0.384. The SMILES string of the molecule is Cc1cc(/C=C(/C#N)C(=O)Nc2ccc(F)cc2)c(C)n1-c1cc(C(=O)O)cc(C(=O)O)c1. The molecule has 1 aromatic heterocycles. The van der Waals surface area contributed by atoms with Gasteiger partial charge in [-0.05, 0) is 74.0 Å². The number of hydrogen-bond acceptors (Lipinski definition) is 4. The second kappa shape index (κ2) is 9.20. The lowest BCUT2D eigenvalue weighted by Crippen LogP contribution is -2.13. The van der Waals surface area contributed by atoms with Crippen molar-refractivity contribution in [1.82, 2.24) is 4.57 Å². The standard InChI is InChI=1S/C24H18FN3O5/c1-13-7-15(8-18(12-26)22(29)27-20-5-3-19(25)4-6-20)14(2)28(13)21-10-16(23(30)31)9-17(11-21)24(32)33/h3-11H,1-2H3,(H,27,29)(H,30,31)(H,32,33)/b18-8-. The van der Waals surface area contributed by atoms with Crippen LogP contribution in [-0.2, 0) is 4.79 Å². The third-order valence-corrected chi connectivity index (χ3v) is 4.91. The third-order valence-electron chi connectivity index (χ3n) is 4.91. The normalized spacial score (nSPS) is 11.0. The molecular weight excluding hydrogens is 429 g/mol. The van der Waals surface area contributed by atoms with Crippen LogP contribution in [0.5, 0.6) is 0 Å². The molecule has 0 aliphatic rings. The Bertz CT molecular complexity index is 1320. The molecule has 0 saturated heterocycles. The predicted molar refractivity (Wildman–Crippen MR) is 118 cm³/mol. The highest BCUT2D eigenvalue weighted by Crippen LogP contribution is 2.25. The minimum absolute atomic E-state index is 0.189. The molecular formula is C24H18FN3O5. The number of nitrogens with zero attached hydrogens (tertiary/aromatic N) is 2. The van der Waals surface area contributed by atoms with Gasteiger partial charge in [0, 0.05) is 22.8 Å². The molecule has 3 aromatic rings. The van der Waals surface area contributed by atoms with Gasteiger partial charge in [0.15, 0.2) is 0 Å². The van der Waals surface area contributed by atoms with Crippen molar-refractivity contribution in [1.29, 1.82) is 5.26 Å². The van der Waals surface area contributed by atoms with Gasteiger partial charge in [0.2, 0.25) is 0 Å². The maximum Gasteiger partial charge on any atom is 0.335 e. The van der Waals surface area contributed by atoms with E-state index in [1.807, 2.05) is 6.07 Å². The summed E-state index contributed by atoms with van der Waals surface area (Å²) in [6.45, 7) is 3.42. The van der Waals surface area contributed by atoms with Gasteiger partial charge in [-0.1, -0.05) is 0 Å². The molecule has 8 nitrogen and oxygen atoms in total. The van der Waals surface area contributed by atoms with Crippen molar-refractivity contribution < 1.29 is 29.0 Å². The Balaban J connectivity index is 2.02. The number of amides is 1. The van der Waals surface area contributed by atoms with Crippen molar-refractivity contribution in [2.75, 3.05) is 5.32 Å². The van der Waals surface area contributed by atoms with E-state index in [9.17, 15) is 34.2 Å². The summed E-state index contributed by atoms with van der Waals surface area (Å²) in [5.74, 6) is -3.69. The maximum atomic E-state index is 13.1. The first kappa shape index (κ1) is 23.0. The van der Waals surface area contributed by atoms with Crippen LogP contribution in [0.25, 0.3) is 11.8 Å². The Morgan fingerprint density at radius 1 is 1.00 bits per heavy atom. The number of rotatable bonds is 6. The average molecular weight is 447 g/mol. The number of halogens is 1. The van der Waals surface area contributed by atoms with Crippen molar-refractivity contribution in [3.63, 3.8) is 0 Å². The Morgan fingerprint density at radius 2 is 1.58 bits per heavy atom. The van der Waals surface area contributed by atoms with Crippen LogP contribution in [-0.4, -0.2) is 32.6 Å². The molecule has 2 aromatic carbocycles. The number of benzene rings is 2. The van der Waals surface area contributed by atoms with Crippen LogP contribution in [0.1, 0.15) is 37.7 Å². The predicted octanol–water partition coefficient (Wildman–Crippen LogP) is 4.18. The van der Waals surface area contributed by atoms with Gasteiger partial charge in [-0.3, -0.25) is 4.79 Å². The molecule has 33 heavy (non-hydrogen) atoms. The number of aromatic nitrogens is 1. The van der Waals surface area contributed by atoms with Gasteiger partial charge in [-0.2, -0.15) is 5.26 Å². The van der Waals surface area contributed by atoms with Gasteiger partial charge >= 0.3 is 11.9 Å². The number of nitrogens with one attached hydrogen (secondary N) is 1. The van der Waals surface area contributed by atoms with E-state index in [0.29, 0.717) is 28.3 Å². The van der Waals surface area contributed by atoms with Crippen LogP contribution in [0, 0.1) is 31.0 Å². The average Bonchev–Trinajstić information content (AvgIpc) is 3.05. The van der Waals surface area contributed by atoms with Crippen molar-refractivity contribution >= 4 is 29.6 Å². The number of carboxylic acids is 2. The Labute approximate surface area is 187 Å². The first-order valence-corrected chi connectivity index (χ1v) is 9.60. The van der Waals surface area contributed by atoms with E-state index in [4.69, 9.17) is 0 Å². The summed E-state index contributed by atoms with van der Waals surface area (Å²) >= 11 is 0. The summed E-state index contributed by atoms with van der Waals surface area (Å²) in [6.07, 6.45) is 1.37. The number of carbonyl (C=O) groups excluding carboxylic acids is 1. The number of carbonyl (C=O) groups is 3. The highest BCUT2D eigenvalue weighted by molar-refractivity contribution is 6.09. The molecule has 1 amide bonds. The lowest BCUT2D eigenvalue weighted by atomic mass is 10.1.